The molecule has 1 aromatic carbocycles. The molecule has 3 nitrogen and oxygen atoms in total. The molecule has 0 atom stereocenters. The number of halogens is 2. The first-order chi connectivity index (χ1) is 9.74. The van der Waals surface area contributed by atoms with Gasteiger partial charge in [-0.2, -0.15) is 0 Å². The molecule has 114 valence electrons. The van der Waals surface area contributed by atoms with Crippen LogP contribution in [0.3, 0.4) is 0 Å². The van der Waals surface area contributed by atoms with Gasteiger partial charge in [0.2, 0.25) is 0 Å². The van der Waals surface area contributed by atoms with Crippen molar-refractivity contribution in [1.82, 2.24) is 14.9 Å². The first-order valence-electron chi connectivity index (χ1n) is 7.26. The van der Waals surface area contributed by atoms with Gasteiger partial charge >= 0.3 is 0 Å². The number of nitrogens with zero attached hydrogens (tertiary/aromatic N) is 2. The van der Waals surface area contributed by atoms with Crippen molar-refractivity contribution in [2.24, 2.45) is 0 Å². The van der Waals surface area contributed by atoms with Crippen LogP contribution in [-0.4, -0.2) is 15.6 Å². The summed E-state index contributed by atoms with van der Waals surface area (Å²) in [6, 6.07) is 6.04. The second-order valence-electron chi connectivity index (χ2n) is 5.49. The van der Waals surface area contributed by atoms with Crippen LogP contribution in [0.5, 0.6) is 0 Å². The van der Waals surface area contributed by atoms with E-state index in [0.29, 0.717) is 11.7 Å². The van der Waals surface area contributed by atoms with Gasteiger partial charge in [-0.1, -0.05) is 18.9 Å². The zero-order valence-corrected chi connectivity index (χ0v) is 13.0. The lowest BCUT2D eigenvalue weighted by atomic mass is 10.1. The van der Waals surface area contributed by atoms with Crippen LogP contribution in [0.25, 0.3) is 5.69 Å². The minimum absolute atomic E-state index is 0. The predicted molar refractivity (Wildman–Crippen MR) is 84.6 cm³/mol. The number of rotatable bonds is 4. The molecular formula is C16H21ClFN3. The Morgan fingerprint density at radius 1 is 1.33 bits per heavy atom. The molecule has 1 aliphatic carbocycles. The molecule has 0 unspecified atom stereocenters. The fourth-order valence-corrected chi connectivity index (χ4v) is 2.88. The third-order valence-electron chi connectivity index (χ3n) is 4.05. The fraction of sp³-hybridized carbons (Fsp3) is 0.438. The van der Waals surface area contributed by atoms with Gasteiger partial charge in [-0.3, -0.25) is 0 Å². The van der Waals surface area contributed by atoms with Gasteiger partial charge in [0.25, 0.3) is 0 Å². The highest BCUT2D eigenvalue weighted by atomic mass is 35.5. The van der Waals surface area contributed by atoms with Gasteiger partial charge in [-0.05, 0) is 37.5 Å². The molecule has 1 fully saturated rings. The van der Waals surface area contributed by atoms with E-state index in [4.69, 9.17) is 0 Å². The molecule has 0 saturated heterocycles. The topological polar surface area (TPSA) is 29.9 Å². The average molecular weight is 310 g/mol. The van der Waals surface area contributed by atoms with Gasteiger partial charge < -0.3 is 9.88 Å². The van der Waals surface area contributed by atoms with E-state index in [9.17, 15) is 4.39 Å². The summed E-state index contributed by atoms with van der Waals surface area (Å²) in [6.07, 6.45) is 8.58. The average Bonchev–Trinajstić information content (AvgIpc) is 3.08. The molecular weight excluding hydrogens is 289 g/mol. The Labute approximate surface area is 131 Å². The summed E-state index contributed by atoms with van der Waals surface area (Å²) in [7, 11) is 0. The Morgan fingerprint density at radius 3 is 2.71 bits per heavy atom. The van der Waals surface area contributed by atoms with Crippen LogP contribution in [0.1, 0.15) is 37.1 Å². The predicted octanol–water partition coefficient (Wildman–Crippen LogP) is 3.77. The van der Waals surface area contributed by atoms with E-state index in [1.165, 1.54) is 25.7 Å². The largest absolute Gasteiger partial charge is 0.310 e. The molecule has 2 aromatic rings. The van der Waals surface area contributed by atoms with Crippen LogP contribution in [0.4, 0.5) is 4.39 Å². The summed E-state index contributed by atoms with van der Waals surface area (Å²) >= 11 is 0. The van der Waals surface area contributed by atoms with Gasteiger partial charge in [0.05, 0.1) is 5.69 Å². The molecule has 1 aliphatic rings. The van der Waals surface area contributed by atoms with Crippen LogP contribution in [0, 0.1) is 12.7 Å². The molecule has 0 radical (unpaired) electrons. The SMILES string of the molecule is Cc1nccn1-c1ccc(CNC2CCCC2)cc1F.Cl. The van der Waals surface area contributed by atoms with Crippen LogP contribution in [0.15, 0.2) is 30.6 Å². The third kappa shape index (κ3) is 3.63. The first-order valence-corrected chi connectivity index (χ1v) is 7.26. The number of hydrogen-bond donors (Lipinski definition) is 1. The van der Waals surface area contributed by atoms with E-state index >= 15 is 0 Å². The van der Waals surface area contributed by atoms with Gasteiger partial charge in [-0.15, -0.1) is 12.4 Å². The Bertz CT molecular complexity index is 591. The van der Waals surface area contributed by atoms with E-state index in [1.807, 2.05) is 19.1 Å². The highest BCUT2D eigenvalue weighted by Crippen LogP contribution is 2.20. The molecule has 0 bridgehead atoms. The Morgan fingerprint density at radius 2 is 2.10 bits per heavy atom. The van der Waals surface area contributed by atoms with E-state index in [0.717, 1.165) is 17.9 Å². The summed E-state index contributed by atoms with van der Waals surface area (Å²) in [5.74, 6) is 0.595. The van der Waals surface area contributed by atoms with E-state index in [1.54, 1.807) is 23.0 Å². The molecule has 1 aromatic heterocycles. The highest BCUT2D eigenvalue weighted by molar-refractivity contribution is 5.85. The van der Waals surface area contributed by atoms with Crippen LogP contribution in [-0.2, 0) is 6.54 Å². The molecule has 3 rings (SSSR count). The normalized spacial score (nSPS) is 15.1. The third-order valence-corrected chi connectivity index (χ3v) is 4.05. The summed E-state index contributed by atoms with van der Waals surface area (Å²) < 4.78 is 16.0. The molecule has 0 spiro atoms. The fourth-order valence-electron chi connectivity index (χ4n) is 2.88. The number of nitrogens with one attached hydrogen (secondary N) is 1. The lowest BCUT2D eigenvalue weighted by molar-refractivity contribution is 0.522. The first kappa shape index (κ1) is 16.0. The number of aryl methyl sites for hydroxylation is 1. The van der Waals surface area contributed by atoms with E-state index in [2.05, 4.69) is 10.3 Å². The van der Waals surface area contributed by atoms with Crippen molar-refractivity contribution in [2.45, 2.75) is 45.2 Å². The zero-order chi connectivity index (χ0) is 13.9. The highest BCUT2D eigenvalue weighted by Gasteiger charge is 2.14. The molecule has 1 saturated carbocycles. The summed E-state index contributed by atoms with van der Waals surface area (Å²) in [4.78, 5) is 4.13. The Kier molecular flexibility index (Phi) is 5.37. The quantitative estimate of drug-likeness (QED) is 0.931. The van der Waals surface area contributed by atoms with Crippen LogP contribution in [0.2, 0.25) is 0 Å². The van der Waals surface area contributed by atoms with Crippen molar-refractivity contribution in [3.8, 4) is 5.69 Å². The molecule has 1 heterocycles. The number of imidazole rings is 1. The van der Waals surface area contributed by atoms with Crippen molar-refractivity contribution < 1.29 is 4.39 Å². The molecule has 0 amide bonds. The second kappa shape index (κ2) is 7.05. The summed E-state index contributed by atoms with van der Waals surface area (Å²) in [5.41, 5.74) is 1.56. The minimum atomic E-state index is -0.197. The van der Waals surface area contributed by atoms with Crippen LogP contribution >= 0.6 is 12.4 Å². The monoisotopic (exact) mass is 309 g/mol. The maximum Gasteiger partial charge on any atom is 0.147 e. The van der Waals surface area contributed by atoms with Crippen LogP contribution < -0.4 is 5.32 Å². The van der Waals surface area contributed by atoms with Gasteiger partial charge in [0, 0.05) is 25.0 Å². The molecule has 5 heteroatoms. The number of aromatic nitrogens is 2. The Hall–Kier alpha value is -1.39. The lowest BCUT2D eigenvalue weighted by Gasteiger charge is -2.13. The van der Waals surface area contributed by atoms with Gasteiger partial charge in [0.1, 0.15) is 11.6 Å². The molecule has 0 aliphatic heterocycles. The van der Waals surface area contributed by atoms with Crippen molar-refractivity contribution in [1.29, 1.82) is 0 Å². The van der Waals surface area contributed by atoms with Gasteiger partial charge in [-0.25, -0.2) is 9.37 Å². The number of hydrogen-bond acceptors (Lipinski definition) is 2. The maximum atomic E-state index is 14.2. The standard InChI is InChI=1S/C16H20FN3.ClH/c1-12-18-8-9-20(12)16-7-6-13(10-15(16)17)11-19-14-4-2-3-5-14;/h6-10,14,19H,2-5,11H2,1H3;1H. The smallest absolute Gasteiger partial charge is 0.147 e. The summed E-state index contributed by atoms with van der Waals surface area (Å²) in [5, 5.41) is 3.50. The second-order valence-corrected chi connectivity index (χ2v) is 5.49. The van der Waals surface area contributed by atoms with E-state index in [-0.39, 0.29) is 18.2 Å². The van der Waals surface area contributed by atoms with Gasteiger partial charge in [0.15, 0.2) is 0 Å². The van der Waals surface area contributed by atoms with Crippen molar-refractivity contribution in [3.05, 3.63) is 47.8 Å². The zero-order valence-electron chi connectivity index (χ0n) is 12.2. The van der Waals surface area contributed by atoms with Crippen molar-refractivity contribution in [2.75, 3.05) is 0 Å². The number of benzene rings is 1. The van der Waals surface area contributed by atoms with Crippen molar-refractivity contribution >= 4 is 12.4 Å². The van der Waals surface area contributed by atoms with Crippen molar-refractivity contribution in [3.63, 3.8) is 0 Å². The summed E-state index contributed by atoms with van der Waals surface area (Å²) in [6.45, 7) is 2.61. The lowest BCUT2D eigenvalue weighted by Crippen LogP contribution is -2.25. The Balaban J connectivity index is 0.00000161. The molecule has 1 N–H and O–H groups in total. The molecule has 21 heavy (non-hydrogen) atoms. The maximum absolute atomic E-state index is 14.2. The minimum Gasteiger partial charge on any atom is -0.310 e. The van der Waals surface area contributed by atoms with E-state index < -0.39 is 0 Å².